The van der Waals surface area contributed by atoms with Gasteiger partial charge in [-0.1, -0.05) is 12.1 Å². The summed E-state index contributed by atoms with van der Waals surface area (Å²) in [6.45, 7) is 4.50. The molecule has 0 bridgehead atoms. The Hall–Kier alpha value is -1.06. The fourth-order valence-corrected chi connectivity index (χ4v) is 1.98. The van der Waals surface area contributed by atoms with Gasteiger partial charge in [-0.2, -0.15) is 0 Å². The maximum atomic E-state index is 5.17. The molecule has 0 heterocycles. The van der Waals surface area contributed by atoms with Crippen LogP contribution in [0.5, 0.6) is 5.75 Å². The van der Waals surface area contributed by atoms with Crippen molar-refractivity contribution in [3.8, 4) is 5.75 Å². The summed E-state index contributed by atoms with van der Waals surface area (Å²) in [5.41, 5.74) is 1.36. The van der Waals surface area contributed by atoms with Crippen LogP contribution in [0.2, 0.25) is 0 Å². The zero-order valence-electron chi connectivity index (χ0n) is 12.1. The SMILES string of the molecule is CNCCCN(C)C(C)Cc1ccc(OC)cc1. The molecule has 0 spiro atoms. The van der Waals surface area contributed by atoms with Crippen molar-refractivity contribution in [3.05, 3.63) is 29.8 Å². The third-order valence-corrected chi connectivity index (χ3v) is 3.38. The molecule has 3 heteroatoms. The fraction of sp³-hybridized carbons (Fsp3) is 0.600. The summed E-state index contributed by atoms with van der Waals surface area (Å²) in [7, 11) is 5.90. The second-order valence-electron chi connectivity index (χ2n) is 4.84. The molecule has 1 unspecified atom stereocenters. The Balaban J connectivity index is 2.39. The number of rotatable bonds is 8. The van der Waals surface area contributed by atoms with Crippen LogP contribution < -0.4 is 10.1 Å². The average molecular weight is 250 g/mol. The molecular formula is C15H26N2O. The molecule has 1 aromatic rings. The number of likely N-dealkylation sites (N-methyl/N-ethyl adjacent to an activating group) is 1. The van der Waals surface area contributed by atoms with E-state index in [1.165, 1.54) is 12.0 Å². The standard InChI is InChI=1S/C15H26N2O/c1-13(17(3)11-5-10-16-2)12-14-6-8-15(18-4)9-7-14/h6-9,13,16H,5,10-12H2,1-4H3. The van der Waals surface area contributed by atoms with Crippen LogP contribution in [0.1, 0.15) is 18.9 Å². The first-order valence-corrected chi connectivity index (χ1v) is 6.65. The number of benzene rings is 1. The molecule has 0 saturated heterocycles. The number of ether oxygens (including phenoxy) is 1. The third kappa shape index (κ3) is 5.07. The second kappa shape index (κ2) is 8.11. The summed E-state index contributed by atoms with van der Waals surface area (Å²) in [4.78, 5) is 2.42. The minimum absolute atomic E-state index is 0.565. The molecule has 1 aromatic carbocycles. The van der Waals surface area contributed by atoms with E-state index in [-0.39, 0.29) is 0 Å². The van der Waals surface area contributed by atoms with E-state index in [1.54, 1.807) is 7.11 Å². The molecule has 0 aromatic heterocycles. The van der Waals surface area contributed by atoms with Crippen LogP contribution in [-0.2, 0) is 6.42 Å². The monoisotopic (exact) mass is 250 g/mol. The summed E-state index contributed by atoms with van der Waals surface area (Å²) in [6, 6.07) is 8.93. The van der Waals surface area contributed by atoms with Gasteiger partial charge in [-0.05, 0) is 64.6 Å². The molecule has 1 atom stereocenters. The van der Waals surface area contributed by atoms with Gasteiger partial charge < -0.3 is 15.0 Å². The molecule has 0 aliphatic heterocycles. The van der Waals surface area contributed by atoms with Crippen molar-refractivity contribution in [1.29, 1.82) is 0 Å². The second-order valence-corrected chi connectivity index (χ2v) is 4.84. The average Bonchev–Trinajstić information content (AvgIpc) is 2.39. The van der Waals surface area contributed by atoms with Crippen LogP contribution in [0, 0.1) is 0 Å². The van der Waals surface area contributed by atoms with E-state index >= 15 is 0 Å². The Bertz CT molecular complexity index is 324. The zero-order chi connectivity index (χ0) is 13.4. The summed E-state index contributed by atoms with van der Waals surface area (Å²) in [6.07, 6.45) is 2.28. The Morgan fingerprint density at radius 2 is 1.94 bits per heavy atom. The Kier molecular flexibility index (Phi) is 6.76. The Morgan fingerprint density at radius 3 is 2.50 bits per heavy atom. The van der Waals surface area contributed by atoms with Crippen molar-refractivity contribution in [3.63, 3.8) is 0 Å². The molecule has 102 valence electrons. The predicted octanol–water partition coefficient (Wildman–Crippen LogP) is 2.17. The molecule has 0 amide bonds. The molecule has 0 fully saturated rings. The van der Waals surface area contributed by atoms with Gasteiger partial charge in [0.05, 0.1) is 7.11 Å². The van der Waals surface area contributed by atoms with Gasteiger partial charge in [0.2, 0.25) is 0 Å². The van der Waals surface area contributed by atoms with Gasteiger partial charge in [0.25, 0.3) is 0 Å². The van der Waals surface area contributed by atoms with Crippen LogP contribution in [0.15, 0.2) is 24.3 Å². The highest BCUT2D eigenvalue weighted by molar-refractivity contribution is 5.27. The van der Waals surface area contributed by atoms with E-state index in [1.807, 2.05) is 19.2 Å². The summed E-state index contributed by atoms with van der Waals surface area (Å²) < 4.78 is 5.17. The topological polar surface area (TPSA) is 24.5 Å². The molecule has 3 nitrogen and oxygen atoms in total. The molecule has 18 heavy (non-hydrogen) atoms. The smallest absolute Gasteiger partial charge is 0.118 e. The first kappa shape index (κ1) is 15.0. The summed E-state index contributed by atoms with van der Waals surface area (Å²) in [5, 5.41) is 3.18. The van der Waals surface area contributed by atoms with Crippen molar-refractivity contribution in [2.24, 2.45) is 0 Å². The Morgan fingerprint density at radius 1 is 1.28 bits per heavy atom. The highest BCUT2D eigenvalue weighted by atomic mass is 16.5. The van der Waals surface area contributed by atoms with Gasteiger partial charge in [0, 0.05) is 6.04 Å². The minimum Gasteiger partial charge on any atom is -0.497 e. The molecule has 0 radical (unpaired) electrons. The molecule has 1 N–H and O–H groups in total. The Labute approximate surface area is 111 Å². The van der Waals surface area contributed by atoms with Gasteiger partial charge in [0.1, 0.15) is 5.75 Å². The van der Waals surface area contributed by atoms with Crippen LogP contribution >= 0.6 is 0 Å². The summed E-state index contributed by atoms with van der Waals surface area (Å²) >= 11 is 0. The lowest BCUT2D eigenvalue weighted by Crippen LogP contribution is -2.32. The van der Waals surface area contributed by atoms with E-state index in [9.17, 15) is 0 Å². The lowest BCUT2D eigenvalue weighted by molar-refractivity contribution is 0.253. The van der Waals surface area contributed by atoms with E-state index in [0.717, 1.165) is 25.3 Å². The van der Waals surface area contributed by atoms with Gasteiger partial charge in [-0.25, -0.2) is 0 Å². The molecule has 0 aliphatic carbocycles. The van der Waals surface area contributed by atoms with E-state index in [4.69, 9.17) is 4.74 Å². The number of nitrogens with zero attached hydrogens (tertiary/aromatic N) is 1. The highest BCUT2D eigenvalue weighted by Crippen LogP contribution is 2.14. The van der Waals surface area contributed by atoms with Crippen molar-refractivity contribution in [1.82, 2.24) is 10.2 Å². The zero-order valence-corrected chi connectivity index (χ0v) is 12.1. The van der Waals surface area contributed by atoms with Gasteiger partial charge in [-0.15, -0.1) is 0 Å². The predicted molar refractivity (Wildman–Crippen MR) is 77.3 cm³/mol. The van der Waals surface area contributed by atoms with Crippen LogP contribution in [-0.4, -0.2) is 45.2 Å². The molecule has 0 saturated carbocycles. The lowest BCUT2D eigenvalue weighted by Gasteiger charge is -2.24. The lowest BCUT2D eigenvalue weighted by atomic mass is 10.1. The fourth-order valence-electron chi connectivity index (χ4n) is 1.98. The molecule has 1 rings (SSSR count). The first-order valence-electron chi connectivity index (χ1n) is 6.65. The quantitative estimate of drug-likeness (QED) is 0.716. The van der Waals surface area contributed by atoms with Crippen LogP contribution in [0.4, 0.5) is 0 Å². The van der Waals surface area contributed by atoms with E-state index in [2.05, 4.69) is 36.3 Å². The first-order chi connectivity index (χ1) is 8.67. The van der Waals surface area contributed by atoms with Gasteiger partial charge in [-0.3, -0.25) is 0 Å². The van der Waals surface area contributed by atoms with Crippen LogP contribution in [0.25, 0.3) is 0 Å². The number of nitrogens with one attached hydrogen (secondary N) is 1. The molecular weight excluding hydrogens is 224 g/mol. The van der Waals surface area contributed by atoms with Crippen molar-refractivity contribution >= 4 is 0 Å². The van der Waals surface area contributed by atoms with E-state index < -0.39 is 0 Å². The number of methoxy groups -OCH3 is 1. The van der Waals surface area contributed by atoms with E-state index in [0.29, 0.717) is 6.04 Å². The largest absolute Gasteiger partial charge is 0.497 e. The number of hydrogen-bond acceptors (Lipinski definition) is 3. The summed E-state index contributed by atoms with van der Waals surface area (Å²) in [5.74, 6) is 0.925. The third-order valence-electron chi connectivity index (χ3n) is 3.38. The van der Waals surface area contributed by atoms with Crippen molar-refractivity contribution in [2.75, 3.05) is 34.3 Å². The van der Waals surface area contributed by atoms with Crippen molar-refractivity contribution < 1.29 is 4.74 Å². The van der Waals surface area contributed by atoms with Crippen LogP contribution in [0.3, 0.4) is 0 Å². The normalized spacial score (nSPS) is 12.7. The number of hydrogen-bond donors (Lipinski definition) is 1. The maximum absolute atomic E-state index is 5.17. The van der Waals surface area contributed by atoms with Gasteiger partial charge >= 0.3 is 0 Å². The van der Waals surface area contributed by atoms with Gasteiger partial charge in [0.15, 0.2) is 0 Å². The minimum atomic E-state index is 0.565. The maximum Gasteiger partial charge on any atom is 0.118 e. The van der Waals surface area contributed by atoms with Crippen molar-refractivity contribution in [2.45, 2.75) is 25.8 Å². The molecule has 0 aliphatic rings. The highest BCUT2D eigenvalue weighted by Gasteiger charge is 2.09.